The van der Waals surface area contributed by atoms with E-state index in [1.54, 1.807) is 49.4 Å². The molecule has 0 amide bonds. The highest BCUT2D eigenvalue weighted by Crippen LogP contribution is 2.28. The molecule has 0 aliphatic rings. The minimum atomic E-state index is -0.403. The number of ether oxygens (including phenoxy) is 1. The maximum Gasteiger partial charge on any atom is 0.338 e. The van der Waals surface area contributed by atoms with Crippen molar-refractivity contribution in [3.8, 4) is 11.1 Å². The number of unbranched alkanes of at least 4 members (excludes halogenated alkanes) is 1. The average molecular weight is 286 g/mol. The fraction of sp³-hybridized carbons (Fsp3) is 0.278. The van der Waals surface area contributed by atoms with Gasteiger partial charge in [0.05, 0.1) is 12.2 Å². The summed E-state index contributed by atoms with van der Waals surface area (Å²) in [6, 6.07) is 12.1. The molecule has 0 aliphatic heterocycles. The summed E-state index contributed by atoms with van der Waals surface area (Å²) in [7, 11) is 0. The SMILES string of the molecule is CCCCOC(=O)c1ccccc1-c1cccc(C)c1F. The van der Waals surface area contributed by atoms with E-state index in [1.807, 2.05) is 6.92 Å². The van der Waals surface area contributed by atoms with Crippen molar-refractivity contribution >= 4 is 5.97 Å². The molecule has 0 N–H and O–H groups in total. The molecule has 0 heterocycles. The van der Waals surface area contributed by atoms with Crippen LogP contribution in [0.1, 0.15) is 35.7 Å². The fourth-order valence-corrected chi connectivity index (χ4v) is 2.14. The van der Waals surface area contributed by atoms with Gasteiger partial charge >= 0.3 is 5.97 Å². The molecule has 0 aromatic heterocycles. The van der Waals surface area contributed by atoms with Crippen molar-refractivity contribution in [3.05, 3.63) is 59.4 Å². The second kappa shape index (κ2) is 7.02. The molecule has 0 unspecified atom stereocenters. The topological polar surface area (TPSA) is 26.3 Å². The third-order valence-corrected chi connectivity index (χ3v) is 3.36. The highest BCUT2D eigenvalue weighted by atomic mass is 19.1. The van der Waals surface area contributed by atoms with Crippen LogP contribution in [-0.2, 0) is 4.74 Å². The van der Waals surface area contributed by atoms with E-state index in [0.717, 1.165) is 12.8 Å². The van der Waals surface area contributed by atoms with Crippen LogP contribution in [0.15, 0.2) is 42.5 Å². The number of hydrogen-bond acceptors (Lipinski definition) is 2. The van der Waals surface area contributed by atoms with E-state index in [4.69, 9.17) is 4.74 Å². The highest BCUT2D eigenvalue weighted by molar-refractivity contribution is 5.97. The minimum Gasteiger partial charge on any atom is -0.462 e. The summed E-state index contributed by atoms with van der Waals surface area (Å²) in [5.74, 6) is -0.703. The molecule has 0 atom stereocenters. The van der Waals surface area contributed by atoms with Gasteiger partial charge in [-0.3, -0.25) is 0 Å². The Balaban J connectivity index is 2.37. The third kappa shape index (κ3) is 3.48. The van der Waals surface area contributed by atoms with Crippen molar-refractivity contribution in [2.24, 2.45) is 0 Å². The van der Waals surface area contributed by atoms with Gasteiger partial charge < -0.3 is 4.74 Å². The third-order valence-electron chi connectivity index (χ3n) is 3.36. The van der Waals surface area contributed by atoms with Crippen molar-refractivity contribution in [2.75, 3.05) is 6.61 Å². The predicted molar refractivity (Wildman–Crippen MR) is 81.8 cm³/mol. The van der Waals surface area contributed by atoms with Crippen LogP contribution in [0.3, 0.4) is 0 Å². The van der Waals surface area contributed by atoms with Crippen LogP contribution < -0.4 is 0 Å². The molecule has 2 rings (SSSR count). The van der Waals surface area contributed by atoms with Crippen molar-refractivity contribution in [3.63, 3.8) is 0 Å². The van der Waals surface area contributed by atoms with Gasteiger partial charge in [0.1, 0.15) is 5.82 Å². The zero-order valence-electron chi connectivity index (χ0n) is 12.4. The normalized spacial score (nSPS) is 10.4. The molecular weight excluding hydrogens is 267 g/mol. The van der Waals surface area contributed by atoms with E-state index in [0.29, 0.717) is 28.9 Å². The number of hydrogen-bond donors (Lipinski definition) is 0. The number of aryl methyl sites for hydroxylation is 1. The van der Waals surface area contributed by atoms with Crippen LogP contribution in [-0.4, -0.2) is 12.6 Å². The first kappa shape index (κ1) is 15.2. The number of esters is 1. The molecule has 0 fully saturated rings. The second-order valence-corrected chi connectivity index (χ2v) is 4.97. The van der Waals surface area contributed by atoms with Gasteiger partial charge in [0, 0.05) is 5.56 Å². The van der Waals surface area contributed by atoms with Crippen molar-refractivity contribution in [1.82, 2.24) is 0 Å². The van der Waals surface area contributed by atoms with Gasteiger partial charge in [0.2, 0.25) is 0 Å². The smallest absolute Gasteiger partial charge is 0.338 e. The van der Waals surface area contributed by atoms with Gasteiger partial charge in [-0.1, -0.05) is 49.7 Å². The first-order valence-electron chi connectivity index (χ1n) is 7.16. The summed E-state index contributed by atoms with van der Waals surface area (Å²) in [4.78, 5) is 12.2. The summed E-state index contributed by atoms with van der Waals surface area (Å²) >= 11 is 0. The minimum absolute atomic E-state index is 0.300. The lowest BCUT2D eigenvalue weighted by molar-refractivity contribution is 0.0500. The van der Waals surface area contributed by atoms with Crippen molar-refractivity contribution in [2.45, 2.75) is 26.7 Å². The molecule has 110 valence electrons. The lowest BCUT2D eigenvalue weighted by atomic mass is 9.97. The Hall–Kier alpha value is -2.16. The summed E-state index contributed by atoms with van der Waals surface area (Å²) in [6.07, 6.45) is 1.79. The number of carbonyl (C=O) groups excluding carboxylic acids is 1. The van der Waals surface area contributed by atoms with Crippen LogP contribution in [0.4, 0.5) is 4.39 Å². The molecule has 0 saturated heterocycles. The van der Waals surface area contributed by atoms with Gasteiger partial charge in [0.15, 0.2) is 0 Å². The van der Waals surface area contributed by atoms with E-state index < -0.39 is 5.97 Å². The van der Waals surface area contributed by atoms with Crippen LogP contribution in [0.2, 0.25) is 0 Å². The molecule has 2 aromatic rings. The lowest BCUT2D eigenvalue weighted by Crippen LogP contribution is -2.08. The first-order valence-corrected chi connectivity index (χ1v) is 7.16. The Morgan fingerprint density at radius 3 is 2.57 bits per heavy atom. The van der Waals surface area contributed by atoms with Crippen LogP contribution in [0, 0.1) is 12.7 Å². The molecule has 3 heteroatoms. The zero-order valence-corrected chi connectivity index (χ0v) is 12.4. The molecular formula is C18H19FO2. The molecule has 2 nitrogen and oxygen atoms in total. The van der Waals surface area contributed by atoms with Gasteiger partial charge in [0.25, 0.3) is 0 Å². The Morgan fingerprint density at radius 2 is 1.81 bits per heavy atom. The van der Waals surface area contributed by atoms with E-state index >= 15 is 0 Å². The van der Waals surface area contributed by atoms with Gasteiger partial charge in [-0.15, -0.1) is 0 Å². The van der Waals surface area contributed by atoms with Crippen molar-refractivity contribution in [1.29, 1.82) is 0 Å². The largest absolute Gasteiger partial charge is 0.462 e. The summed E-state index contributed by atoms with van der Waals surface area (Å²) < 4.78 is 19.5. The van der Waals surface area contributed by atoms with Crippen LogP contribution in [0.5, 0.6) is 0 Å². The van der Waals surface area contributed by atoms with E-state index in [9.17, 15) is 9.18 Å². The van der Waals surface area contributed by atoms with Gasteiger partial charge in [-0.05, 0) is 30.5 Å². The first-order chi connectivity index (χ1) is 10.1. The molecule has 0 bridgehead atoms. The number of benzene rings is 2. The van der Waals surface area contributed by atoms with Crippen LogP contribution >= 0.6 is 0 Å². The van der Waals surface area contributed by atoms with E-state index in [1.165, 1.54) is 0 Å². The average Bonchev–Trinajstić information content (AvgIpc) is 2.50. The quantitative estimate of drug-likeness (QED) is 0.585. The maximum atomic E-state index is 14.3. The molecule has 0 spiro atoms. The fourth-order valence-electron chi connectivity index (χ4n) is 2.14. The summed E-state index contributed by atoms with van der Waals surface area (Å²) in [6.45, 7) is 4.13. The number of carbonyl (C=O) groups is 1. The van der Waals surface area contributed by atoms with E-state index in [-0.39, 0.29) is 5.82 Å². The Kier molecular flexibility index (Phi) is 5.09. The lowest BCUT2D eigenvalue weighted by Gasteiger charge is -2.11. The Bertz CT molecular complexity index is 635. The highest BCUT2D eigenvalue weighted by Gasteiger charge is 2.16. The Labute approximate surface area is 124 Å². The summed E-state index contributed by atoms with van der Waals surface area (Å²) in [5, 5.41) is 0. The maximum absolute atomic E-state index is 14.3. The standard InChI is InChI=1S/C18H19FO2/c1-3-4-12-21-18(20)16-10-6-5-9-14(16)15-11-7-8-13(2)17(15)19/h5-11H,3-4,12H2,1-2H3. The summed E-state index contributed by atoms with van der Waals surface area (Å²) in [5.41, 5.74) is 1.96. The molecule has 0 saturated carbocycles. The predicted octanol–water partition coefficient (Wildman–Crippen LogP) is 4.76. The van der Waals surface area contributed by atoms with E-state index in [2.05, 4.69) is 0 Å². The Morgan fingerprint density at radius 1 is 1.10 bits per heavy atom. The second-order valence-electron chi connectivity index (χ2n) is 4.97. The zero-order chi connectivity index (χ0) is 15.2. The van der Waals surface area contributed by atoms with Crippen LogP contribution in [0.25, 0.3) is 11.1 Å². The molecule has 2 aromatic carbocycles. The number of rotatable bonds is 5. The van der Waals surface area contributed by atoms with Crippen molar-refractivity contribution < 1.29 is 13.9 Å². The molecule has 21 heavy (non-hydrogen) atoms. The molecule has 0 radical (unpaired) electrons. The monoisotopic (exact) mass is 286 g/mol. The van der Waals surface area contributed by atoms with Gasteiger partial charge in [-0.2, -0.15) is 0 Å². The number of halogens is 1. The van der Waals surface area contributed by atoms with Gasteiger partial charge in [-0.25, -0.2) is 9.18 Å². The molecule has 0 aliphatic carbocycles.